The van der Waals surface area contributed by atoms with Crippen LogP contribution in [0.4, 0.5) is 0 Å². The molecule has 0 N–H and O–H groups in total. The normalized spacial score (nSPS) is 10.9. The van der Waals surface area contributed by atoms with Gasteiger partial charge in [-0.25, -0.2) is 15.0 Å². The molecule has 5 heteroatoms. The molecule has 0 radical (unpaired) electrons. The highest BCUT2D eigenvalue weighted by atomic mass is 15.0. The molecule has 0 aliphatic carbocycles. The van der Waals surface area contributed by atoms with Gasteiger partial charge in [0.15, 0.2) is 17.5 Å². The van der Waals surface area contributed by atoms with E-state index in [1.165, 1.54) is 0 Å². The van der Waals surface area contributed by atoms with Crippen LogP contribution in [0, 0.1) is 0 Å². The van der Waals surface area contributed by atoms with Gasteiger partial charge in [-0.2, -0.15) is 0 Å². The molecular weight excluding hydrogens is 514 g/mol. The topological polar surface area (TPSA) is 64.5 Å². The molecule has 0 amide bonds. The molecule has 3 heterocycles. The van der Waals surface area contributed by atoms with Gasteiger partial charge in [0.05, 0.1) is 5.69 Å². The van der Waals surface area contributed by atoms with Gasteiger partial charge in [-0.05, 0) is 41.0 Å². The third-order valence-corrected chi connectivity index (χ3v) is 7.11. The third kappa shape index (κ3) is 5.31. The van der Waals surface area contributed by atoms with Gasteiger partial charge < -0.3 is 0 Å². The van der Waals surface area contributed by atoms with E-state index >= 15 is 0 Å². The Morgan fingerprint density at radius 3 is 1.38 bits per heavy atom. The summed E-state index contributed by atoms with van der Waals surface area (Å²) in [5, 5.41) is 0. The minimum absolute atomic E-state index is 0.640. The quantitative estimate of drug-likeness (QED) is 0.212. The van der Waals surface area contributed by atoms with Gasteiger partial charge in [-0.15, -0.1) is 0 Å². The molecule has 0 aliphatic heterocycles. The van der Waals surface area contributed by atoms with Crippen LogP contribution < -0.4 is 0 Å². The summed E-state index contributed by atoms with van der Waals surface area (Å²) in [5.41, 5.74) is 9.22. The minimum atomic E-state index is 0.640. The van der Waals surface area contributed by atoms with E-state index in [1.807, 2.05) is 79.0 Å². The van der Waals surface area contributed by atoms with E-state index in [2.05, 4.69) is 65.6 Å². The number of nitrogens with zero attached hydrogens (tertiary/aromatic N) is 5. The lowest BCUT2D eigenvalue weighted by atomic mass is 10.00. The van der Waals surface area contributed by atoms with Crippen molar-refractivity contribution in [3.8, 4) is 67.7 Å². The van der Waals surface area contributed by atoms with Gasteiger partial charge in [-0.1, -0.05) is 109 Å². The fourth-order valence-electron chi connectivity index (χ4n) is 4.89. The van der Waals surface area contributed by atoms with Crippen LogP contribution in [0.1, 0.15) is 0 Å². The largest absolute Gasteiger partial charge is 0.265 e. The molecule has 42 heavy (non-hydrogen) atoms. The maximum absolute atomic E-state index is 4.85. The SMILES string of the molecule is c1ccc(-c2nc(-c3ccccc3)nc(-c3ccc(-c4cccc(-c5ccc(-c6ccncc6)cn5)c4)cc3)n2)cc1. The molecule has 7 rings (SSSR count). The molecule has 4 aromatic carbocycles. The first-order valence-corrected chi connectivity index (χ1v) is 13.7. The fraction of sp³-hybridized carbons (Fsp3) is 0. The van der Waals surface area contributed by atoms with E-state index in [0.29, 0.717) is 17.5 Å². The summed E-state index contributed by atoms with van der Waals surface area (Å²) in [6, 6.07) is 45.0. The zero-order valence-corrected chi connectivity index (χ0v) is 22.7. The molecule has 0 bridgehead atoms. The van der Waals surface area contributed by atoms with Gasteiger partial charge >= 0.3 is 0 Å². The second kappa shape index (κ2) is 11.4. The zero-order valence-electron chi connectivity index (χ0n) is 22.7. The minimum Gasteiger partial charge on any atom is -0.265 e. The first kappa shape index (κ1) is 25.2. The Kier molecular flexibility index (Phi) is 6.81. The van der Waals surface area contributed by atoms with Crippen LogP contribution in [0.15, 0.2) is 152 Å². The van der Waals surface area contributed by atoms with Crippen molar-refractivity contribution < 1.29 is 0 Å². The van der Waals surface area contributed by atoms with Gasteiger partial charge in [0.2, 0.25) is 0 Å². The molecule has 0 saturated carbocycles. The smallest absolute Gasteiger partial charge is 0.164 e. The van der Waals surface area contributed by atoms with Crippen LogP contribution in [-0.2, 0) is 0 Å². The summed E-state index contributed by atoms with van der Waals surface area (Å²) in [5.74, 6) is 1.94. The number of hydrogen-bond donors (Lipinski definition) is 0. The molecule has 0 spiro atoms. The fourth-order valence-corrected chi connectivity index (χ4v) is 4.89. The lowest BCUT2D eigenvalue weighted by molar-refractivity contribution is 1.07. The summed E-state index contributed by atoms with van der Waals surface area (Å²) in [7, 11) is 0. The number of pyridine rings is 2. The van der Waals surface area contributed by atoms with Crippen molar-refractivity contribution in [2.45, 2.75) is 0 Å². The summed E-state index contributed by atoms with van der Waals surface area (Å²) in [4.78, 5) is 23.3. The Morgan fingerprint density at radius 2 is 0.810 bits per heavy atom. The van der Waals surface area contributed by atoms with E-state index < -0.39 is 0 Å². The highest BCUT2D eigenvalue weighted by Crippen LogP contribution is 2.29. The van der Waals surface area contributed by atoms with Gasteiger partial charge in [0, 0.05) is 46.4 Å². The van der Waals surface area contributed by atoms with Crippen LogP contribution in [0.5, 0.6) is 0 Å². The standard InChI is InChI=1S/C37H25N5/c1-3-8-28(9-4-1)35-40-36(29-10-5-2-6-11-29)42-37(41-35)30-16-14-26(15-17-30)31-12-7-13-32(24-31)34-19-18-33(25-39-34)27-20-22-38-23-21-27/h1-25H. The Balaban J connectivity index is 1.20. The predicted molar refractivity (Wildman–Crippen MR) is 168 cm³/mol. The average molecular weight is 540 g/mol. The van der Waals surface area contributed by atoms with Crippen molar-refractivity contribution >= 4 is 0 Å². The Morgan fingerprint density at radius 1 is 0.333 bits per heavy atom. The van der Waals surface area contributed by atoms with Crippen LogP contribution in [0.3, 0.4) is 0 Å². The lowest BCUT2D eigenvalue weighted by Gasteiger charge is -2.10. The van der Waals surface area contributed by atoms with Crippen molar-refractivity contribution in [2.75, 3.05) is 0 Å². The molecule has 0 fully saturated rings. The van der Waals surface area contributed by atoms with Gasteiger partial charge in [-0.3, -0.25) is 9.97 Å². The molecule has 0 aliphatic rings. The zero-order chi connectivity index (χ0) is 28.1. The summed E-state index contributed by atoms with van der Waals surface area (Å²) in [6.45, 7) is 0. The van der Waals surface area contributed by atoms with Crippen LogP contribution >= 0.6 is 0 Å². The van der Waals surface area contributed by atoms with E-state index in [4.69, 9.17) is 19.9 Å². The molecule has 3 aromatic heterocycles. The highest BCUT2D eigenvalue weighted by molar-refractivity contribution is 5.75. The second-order valence-electron chi connectivity index (χ2n) is 9.86. The molecule has 0 unspecified atom stereocenters. The van der Waals surface area contributed by atoms with Crippen LogP contribution in [-0.4, -0.2) is 24.9 Å². The molecule has 7 aromatic rings. The van der Waals surface area contributed by atoms with Gasteiger partial charge in [0.25, 0.3) is 0 Å². The number of benzene rings is 4. The van der Waals surface area contributed by atoms with Crippen molar-refractivity contribution in [3.05, 3.63) is 152 Å². The first-order valence-electron chi connectivity index (χ1n) is 13.7. The second-order valence-corrected chi connectivity index (χ2v) is 9.86. The monoisotopic (exact) mass is 539 g/mol. The molecule has 0 saturated heterocycles. The van der Waals surface area contributed by atoms with Crippen LogP contribution in [0.2, 0.25) is 0 Å². The molecule has 0 atom stereocenters. The molecule has 198 valence electrons. The van der Waals surface area contributed by atoms with Crippen molar-refractivity contribution in [1.29, 1.82) is 0 Å². The predicted octanol–water partition coefficient (Wildman–Crippen LogP) is 8.66. The summed E-state index contributed by atoms with van der Waals surface area (Å²) >= 11 is 0. The maximum atomic E-state index is 4.85. The van der Waals surface area contributed by atoms with Crippen molar-refractivity contribution in [3.63, 3.8) is 0 Å². The highest BCUT2D eigenvalue weighted by Gasteiger charge is 2.12. The van der Waals surface area contributed by atoms with Gasteiger partial charge in [0.1, 0.15) is 0 Å². The Bertz CT molecular complexity index is 1880. The van der Waals surface area contributed by atoms with Crippen molar-refractivity contribution in [1.82, 2.24) is 24.9 Å². The number of hydrogen-bond acceptors (Lipinski definition) is 5. The molecular formula is C37H25N5. The third-order valence-electron chi connectivity index (χ3n) is 7.11. The first-order chi connectivity index (χ1) is 20.8. The lowest BCUT2D eigenvalue weighted by Crippen LogP contribution is -2.00. The van der Waals surface area contributed by atoms with E-state index in [1.54, 1.807) is 12.4 Å². The Labute approximate surface area is 244 Å². The number of rotatable bonds is 6. The average Bonchev–Trinajstić information content (AvgIpc) is 3.09. The number of aromatic nitrogens is 5. The summed E-state index contributed by atoms with van der Waals surface area (Å²) < 4.78 is 0. The van der Waals surface area contributed by atoms with E-state index in [-0.39, 0.29) is 0 Å². The Hall–Kier alpha value is -5.81. The molecule has 5 nitrogen and oxygen atoms in total. The summed E-state index contributed by atoms with van der Waals surface area (Å²) in [6.07, 6.45) is 5.50. The van der Waals surface area contributed by atoms with E-state index in [9.17, 15) is 0 Å². The maximum Gasteiger partial charge on any atom is 0.164 e. The van der Waals surface area contributed by atoms with Crippen LogP contribution in [0.25, 0.3) is 67.7 Å². The van der Waals surface area contributed by atoms with Crippen molar-refractivity contribution in [2.24, 2.45) is 0 Å². The van der Waals surface area contributed by atoms with E-state index in [0.717, 1.165) is 50.2 Å².